The van der Waals surface area contributed by atoms with Crippen molar-refractivity contribution in [2.75, 3.05) is 12.3 Å². The molecule has 1 aromatic rings. The normalized spacial score (nSPS) is 16.3. The fourth-order valence-electron chi connectivity index (χ4n) is 1.29. The Kier molecular flexibility index (Phi) is 4.25. The van der Waals surface area contributed by atoms with Crippen LogP contribution in [-0.4, -0.2) is 31.6 Å². The minimum absolute atomic E-state index is 0.378. The molecule has 0 fully saturated rings. The van der Waals surface area contributed by atoms with E-state index >= 15 is 0 Å². The molecule has 5 nitrogen and oxygen atoms in total. The number of halogens is 2. The molecular weight excluding hydrogens is 296 g/mol. The smallest absolute Gasteiger partial charge is 0.258 e. The molecule has 0 unspecified atom stereocenters. The van der Waals surface area contributed by atoms with E-state index in [0.717, 1.165) is 17.9 Å². The van der Waals surface area contributed by atoms with Crippen LogP contribution in [0.2, 0.25) is 0 Å². The Morgan fingerprint density at radius 3 is 2.42 bits per heavy atom. The molecule has 2 rings (SSSR count). The second-order valence-corrected chi connectivity index (χ2v) is 6.49. The Bertz CT molecular complexity index is 612. The lowest BCUT2D eigenvalue weighted by molar-refractivity contribution is 0.234. The van der Waals surface area contributed by atoms with Gasteiger partial charge in [-0.25, -0.2) is 8.42 Å². The summed E-state index contributed by atoms with van der Waals surface area (Å²) in [5.74, 6) is -2.57. The predicted octanol–water partition coefficient (Wildman–Crippen LogP) is 2.87. The molecule has 0 spiro atoms. The number of benzene rings is 1. The zero-order valence-electron chi connectivity index (χ0n) is 9.53. The number of hydrogen-bond donors (Lipinski definition) is 0. The summed E-state index contributed by atoms with van der Waals surface area (Å²) in [6.45, 7) is 0.699. The maximum atomic E-state index is 12.3. The van der Waals surface area contributed by atoms with Crippen molar-refractivity contribution in [2.45, 2.75) is 10.7 Å². The number of rotatable bonds is 3. The van der Waals surface area contributed by atoms with Gasteiger partial charge in [0.25, 0.3) is 0 Å². The van der Waals surface area contributed by atoms with E-state index < -0.39 is 20.5 Å². The minimum Gasteiger partial charge on any atom is -0.258 e. The van der Waals surface area contributed by atoms with Crippen LogP contribution in [0.4, 0.5) is 14.5 Å². The molecule has 1 aromatic carbocycles. The van der Waals surface area contributed by atoms with Crippen molar-refractivity contribution in [2.24, 2.45) is 15.2 Å². The summed E-state index contributed by atoms with van der Waals surface area (Å²) in [7, 11) is -4.56. The number of alkyl halides is 2. The highest BCUT2D eigenvalue weighted by molar-refractivity contribution is 8.14. The molecule has 0 atom stereocenters. The van der Waals surface area contributed by atoms with Crippen molar-refractivity contribution in [3.05, 3.63) is 24.3 Å². The second-order valence-electron chi connectivity index (χ2n) is 3.51. The highest BCUT2D eigenvalue weighted by Gasteiger charge is 2.26. The van der Waals surface area contributed by atoms with E-state index in [1.807, 2.05) is 0 Å². The molecule has 102 valence electrons. The minimum atomic E-state index is -4.56. The maximum absolute atomic E-state index is 12.3. The lowest BCUT2D eigenvalue weighted by Crippen LogP contribution is -2.10. The van der Waals surface area contributed by atoms with Crippen molar-refractivity contribution in [1.29, 1.82) is 0 Å². The summed E-state index contributed by atoms with van der Waals surface area (Å²) < 4.78 is 47.0. The van der Waals surface area contributed by atoms with E-state index in [1.54, 1.807) is 0 Å². The lowest BCUT2D eigenvalue weighted by atomic mass is 10.3. The topological polar surface area (TPSA) is 71.2 Å². The van der Waals surface area contributed by atoms with E-state index in [9.17, 15) is 17.2 Å². The molecule has 0 aliphatic carbocycles. The first kappa shape index (κ1) is 14.1. The molecule has 0 N–H and O–H groups in total. The van der Waals surface area contributed by atoms with E-state index in [2.05, 4.69) is 15.2 Å². The van der Waals surface area contributed by atoms with E-state index in [4.69, 9.17) is 0 Å². The monoisotopic (exact) mass is 305 g/mol. The third-order valence-corrected chi connectivity index (χ3v) is 4.47. The number of amidine groups is 1. The molecule has 9 heteroatoms. The number of thioether (sulfide) groups is 1. The number of nitrogens with zero attached hydrogens (tertiary/aromatic N) is 3. The Morgan fingerprint density at radius 2 is 1.89 bits per heavy atom. The number of sulfone groups is 1. The molecule has 0 saturated carbocycles. The fourth-order valence-corrected chi connectivity index (χ4v) is 2.66. The Hall–Kier alpha value is -1.35. The first-order valence-corrected chi connectivity index (χ1v) is 7.74. The third-order valence-electron chi connectivity index (χ3n) is 2.22. The maximum Gasteiger partial charge on any atom is 0.341 e. The fraction of sp³-hybridized carbons (Fsp3) is 0.300. The van der Waals surface area contributed by atoms with Gasteiger partial charge in [0, 0.05) is 5.75 Å². The van der Waals surface area contributed by atoms with Gasteiger partial charge in [-0.1, -0.05) is 11.8 Å². The van der Waals surface area contributed by atoms with Gasteiger partial charge >= 0.3 is 5.76 Å². The van der Waals surface area contributed by atoms with Crippen LogP contribution in [0.1, 0.15) is 0 Å². The van der Waals surface area contributed by atoms with Crippen molar-refractivity contribution < 1.29 is 17.2 Å². The molecule has 1 aliphatic heterocycles. The van der Waals surface area contributed by atoms with Gasteiger partial charge in [-0.3, -0.25) is 4.99 Å². The average molecular weight is 305 g/mol. The van der Waals surface area contributed by atoms with Crippen molar-refractivity contribution in [3.8, 4) is 0 Å². The Labute approximate surface area is 112 Å². The van der Waals surface area contributed by atoms with Gasteiger partial charge in [0.2, 0.25) is 15.0 Å². The molecule has 19 heavy (non-hydrogen) atoms. The van der Waals surface area contributed by atoms with Crippen molar-refractivity contribution in [3.63, 3.8) is 0 Å². The lowest BCUT2D eigenvalue weighted by Gasteiger charge is -2.02. The highest BCUT2D eigenvalue weighted by atomic mass is 32.2. The van der Waals surface area contributed by atoms with Crippen molar-refractivity contribution in [1.82, 2.24) is 0 Å². The first-order valence-electron chi connectivity index (χ1n) is 5.21. The van der Waals surface area contributed by atoms with Crippen LogP contribution in [0.25, 0.3) is 0 Å². The largest absolute Gasteiger partial charge is 0.341 e. The van der Waals surface area contributed by atoms with Gasteiger partial charge < -0.3 is 0 Å². The molecular formula is C10H9F2N3O2S2. The molecule has 0 radical (unpaired) electrons. The van der Waals surface area contributed by atoms with Gasteiger partial charge in [-0.15, -0.1) is 10.2 Å². The number of hydrogen-bond acceptors (Lipinski definition) is 6. The van der Waals surface area contributed by atoms with Gasteiger partial charge in [-0.2, -0.15) is 8.78 Å². The van der Waals surface area contributed by atoms with Gasteiger partial charge in [0.1, 0.15) is 0 Å². The highest BCUT2D eigenvalue weighted by Crippen LogP contribution is 2.22. The van der Waals surface area contributed by atoms with E-state index in [0.29, 0.717) is 17.4 Å². The van der Waals surface area contributed by atoms with E-state index in [-0.39, 0.29) is 0 Å². The average Bonchev–Trinajstić information content (AvgIpc) is 2.90. The van der Waals surface area contributed by atoms with Gasteiger partial charge in [-0.05, 0) is 24.3 Å². The molecule has 0 saturated heterocycles. The van der Waals surface area contributed by atoms with Crippen LogP contribution in [0.5, 0.6) is 0 Å². The number of azo groups is 1. The van der Waals surface area contributed by atoms with Crippen molar-refractivity contribution >= 4 is 32.5 Å². The van der Waals surface area contributed by atoms with Crippen LogP contribution in [0, 0.1) is 0 Å². The van der Waals surface area contributed by atoms with Crippen LogP contribution in [0.3, 0.4) is 0 Å². The van der Waals surface area contributed by atoms with Crippen LogP contribution >= 0.6 is 11.8 Å². The standard InChI is InChI=1S/C10H9F2N3O2S2/c11-9(12)19(16,17)8-3-1-7(2-4-8)14-15-10-13-5-6-18-10/h1-4,9H,5-6H2. The zero-order valence-corrected chi connectivity index (χ0v) is 11.2. The first-order chi connectivity index (χ1) is 9.00. The Morgan fingerprint density at radius 1 is 1.21 bits per heavy atom. The predicted molar refractivity (Wildman–Crippen MR) is 68.9 cm³/mol. The van der Waals surface area contributed by atoms with Crippen LogP contribution in [-0.2, 0) is 9.84 Å². The quantitative estimate of drug-likeness (QED) is 0.806. The third kappa shape index (κ3) is 3.35. The second kappa shape index (κ2) is 5.74. The van der Waals surface area contributed by atoms with Gasteiger partial charge in [0.15, 0.2) is 0 Å². The molecule has 0 bridgehead atoms. The molecule has 0 aromatic heterocycles. The summed E-state index contributed by atoms with van der Waals surface area (Å²) in [6.07, 6.45) is 0. The summed E-state index contributed by atoms with van der Waals surface area (Å²) in [4.78, 5) is 3.62. The summed E-state index contributed by atoms with van der Waals surface area (Å²) in [5.41, 5.74) is 0.378. The zero-order chi connectivity index (χ0) is 13.9. The summed E-state index contributed by atoms with van der Waals surface area (Å²) in [5, 5.41) is 8.27. The molecule has 1 heterocycles. The van der Waals surface area contributed by atoms with Crippen LogP contribution < -0.4 is 0 Å². The molecule has 0 amide bonds. The summed E-state index contributed by atoms with van der Waals surface area (Å²) >= 11 is 1.47. The summed E-state index contributed by atoms with van der Waals surface area (Å²) in [6, 6.07) is 4.80. The van der Waals surface area contributed by atoms with Crippen LogP contribution in [0.15, 0.2) is 44.4 Å². The number of aliphatic imine (C=N–C) groups is 1. The Balaban J connectivity index is 2.15. The van der Waals surface area contributed by atoms with E-state index in [1.165, 1.54) is 23.9 Å². The SMILES string of the molecule is O=S(=O)(c1ccc(N=NC2=NCCS2)cc1)C(F)F. The molecule has 1 aliphatic rings. The van der Waals surface area contributed by atoms with Gasteiger partial charge in [0.05, 0.1) is 17.1 Å².